The summed E-state index contributed by atoms with van der Waals surface area (Å²) in [5.74, 6) is -0.411. The van der Waals surface area contributed by atoms with Gasteiger partial charge in [0.2, 0.25) is 0 Å². The SMILES string of the molecule is COc1ccc(F)cc1COC(=O)/C=C/c1ccc(C)cc1. The molecule has 2 rings (SSSR count). The molecule has 0 bridgehead atoms. The summed E-state index contributed by atoms with van der Waals surface area (Å²) in [7, 11) is 1.48. The molecule has 0 aromatic heterocycles. The van der Waals surface area contributed by atoms with Crippen molar-refractivity contribution in [2.75, 3.05) is 7.11 Å². The lowest BCUT2D eigenvalue weighted by Crippen LogP contribution is -2.02. The molecule has 2 aromatic carbocycles. The lowest BCUT2D eigenvalue weighted by Gasteiger charge is -2.08. The van der Waals surface area contributed by atoms with Crippen LogP contribution >= 0.6 is 0 Å². The number of aryl methyl sites for hydroxylation is 1. The van der Waals surface area contributed by atoms with Crippen LogP contribution in [0.4, 0.5) is 4.39 Å². The third-order valence-electron chi connectivity index (χ3n) is 3.10. The zero-order chi connectivity index (χ0) is 15.9. The lowest BCUT2D eigenvalue weighted by atomic mass is 10.1. The average Bonchev–Trinajstić information content (AvgIpc) is 2.52. The molecule has 0 unspecified atom stereocenters. The van der Waals surface area contributed by atoms with Crippen molar-refractivity contribution in [2.45, 2.75) is 13.5 Å². The molecule has 0 fully saturated rings. The molecule has 0 saturated carbocycles. The molecule has 114 valence electrons. The molecular formula is C18H17FO3. The Hall–Kier alpha value is -2.62. The number of hydrogen-bond acceptors (Lipinski definition) is 3. The van der Waals surface area contributed by atoms with E-state index in [0.717, 1.165) is 11.1 Å². The van der Waals surface area contributed by atoms with Crippen molar-refractivity contribution in [1.29, 1.82) is 0 Å². The van der Waals surface area contributed by atoms with E-state index in [0.29, 0.717) is 11.3 Å². The van der Waals surface area contributed by atoms with Gasteiger partial charge in [-0.15, -0.1) is 0 Å². The monoisotopic (exact) mass is 300 g/mol. The summed E-state index contributed by atoms with van der Waals surface area (Å²) in [6, 6.07) is 11.8. The van der Waals surface area contributed by atoms with E-state index in [2.05, 4.69) is 0 Å². The standard InChI is InChI=1S/C18H17FO3/c1-13-3-5-14(6-4-13)7-10-18(20)22-12-15-11-16(19)8-9-17(15)21-2/h3-11H,12H2,1-2H3/b10-7+. The molecule has 0 aliphatic heterocycles. The van der Waals surface area contributed by atoms with Gasteiger partial charge in [-0.1, -0.05) is 29.8 Å². The third-order valence-corrected chi connectivity index (χ3v) is 3.10. The van der Waals surface area contributed by atoms with Crippen LogP contribution in [0.3, 0.4) is 0 Å². The third kappa shape index (κ3) is 4.45. The zero-order valence-corrected chi connectivity index (χ0v) is 12.5. The quantitative estimate of drug-likeness (QED) is 0.620. The lowest BCUT2D eigenvalue weighted by molar-refractivity contribution is -0.138. The number of esters is 1. The van der Waals surface area contributed by atoms with Gasteiger partial charge in [-0.25, -0.2) is 9.18 Å². The van der Waals surface area contributed by atoms with Crippen LogP contribution in [-0.4, -0.2) is 13.1 Å². The maximum absolute atomic E-state index is 13.2. The van der Waals surface area contributed by atoms with E-state index in [-0.39, 0.29) is 6.61 Å². The Morgan fingerprint density at radius 2 is 1.91 bits per heavy atom. The van der Waals surface area contributed by atoms with Crippen LogP contribution in [0.25, 0.3) is 6.08 Å². The first-order valence-corrected chi connectivity index (χ1v) is 6.82. The number of methoxy groups -OCH3 is 1. The number of benzene rings is 2. The number of carbonyl (C=O) groups excluding carboxylic acids is 1. The van der Waals surface area contributed by atoms with Gasteiger partial charge in [0.25, 0.3) is 0 Å². The first kappa shape index (κ1) is 15.8. The highest BCUT2D eigenvalue weighted by molar-refractivity contribution is 5.87. The Balaban J connectivity index is 1.95. The van der Waals surface area contributed by atoms with Gasteiger partial charge in [-0.05, 0) is 36.8 Å². The van der Waals surface area contributed by atoms with Crippen LogP contribution < -0.4 is 4.74 Å². The Morgan fingerprint density at radius 3 is 2.59 bits per heavy atom. The number of rotatable bonds is 5. The smallest absolute Gasteiger partial charge is 0.331 e. The van der Waals surface area contributed by atoms with Crippen molar-refractivity contribution < 1.29 is 18.7 Å². The Labute approximate surface area is 129 Å². The molecule has 0 aliphatic rings. The van der Waals surface area contributed by atoms with Crippen LogP contribution in [0.5, 0.6) is 5.75 Å². The topological polar surface area (TPSA) is 35.5 Å². The second-order valence-electron chi connectivity index (χ2n) is 4.81. The summed E-state index contributed by atoms with van der Waals surface area (Å²) in [5, 5.41) is 0. The van der Waals surface area contributed by atoms with Gasteiger partial charge in [0.15, 0.2) is 0 Å². The predicted octanol–water partition coefficient (Wildman–Crippen LogP) is 3.90. The van der Waals surface area contributed by atoms with Crippen molar-refractivity contribution in [3.8, 4) is 5.75 Å². The Bertz CT molecular complexity index is 675. The van der Waals surface area contributed by atoms with Gasteiger partial charge >= 0.3 is 5.97 Å². The minimum absolute atomic E-state index is 0.0436. The number of ether oxygens (including phenoxy) is 2. The molecule has 0 saturated heterocycles. The first-order valence-electron chi connectivity index (χ1n) is 6.82. The van der Waals surface area contributed by atoms with Gasteiger partial charge < -0.3 is 9.47 Å². The fraction of sp³-hybridized carbons (Fsp3) is 0.167. The van der Waals surface area contributed by atoms with E-state index in [4.69, 9.17) is 9.47 Å². The van der Waals surface area contributed by atoms with Crippen LogP contribution in [-0.2, 0) is 16.1 Å². The summed E-state index contributed by atoms with van der Waals surface area (Å²) >= 11 is 0. The van der Waals surface area contributed by atoms with Gasteiger partial charge in [-0.3, -0.25) is 0 Å². The molecule has 0 aliphatic carbocycles. The second-order valence-corrected chi connectivity index (χ2v) is 4.81. The number of carbonyl (C=O) groups is 1. The molecule has 3 nitrogen and oxygen atoms in total. The van der Waals surface area contributed by atoms with E-state index in [1.807, 2.05) is 31.2 Å². The fourth-order valence-corrected chi connectivity index (χ4v) is 1.90. The highest BCUT2D eigenvalue weighted by Crippen LogP contribution is 2.20. The maximum Gasteiger partial charge on any atom is 0.331 e. The minimum atomic E-state index is -0.494. The van der Waals surface area contributed by atoms with Gasteiger partial charge in [0.05, 0.1) is 7.11 Å². The first-order chi connectivity index (χ1) is 10.6. The summed E-state index contributed by atoms with van der Waals surface area (Å²) < 4.78 is 23.4. The van der Waals surface area contributed by atoms with E-state index in [9.17, 15) is 9.18 Å². The molecule has 4 heteroatoms. The molecule has 0 amide bonds. The van der Waals surface area contributed by atoms with Crippen molar-refractivity contribution in [2.24, 2.45) is 0 Å². The van der Waals surface area contributed by atoms with Crippen molar-refractivity contribution in [1.82, 2.24) is 0 Å². The fourth-order valence-electron chi connectivity index (χ4n) is 1.90. The zero-order valence-electron chi connectivity index (χ0n) is 12.5. The molecule has 0 atom stereocenters. The summed E-state index contributed by atoms with van der Waals surface area (Å²) in [6.45, 7) is 1.95. The van der Waals surface area contributed by atoms with Crippen molar-refractivity contribution in [3.05, 3.63) is 71.0 Å². The maximum atomic E-state index is 13.2. The van der Waals surface area contributed by atoms with Gasteiger partial charge in [0.1, 0.15) is 18.2 Å². The van der Waals surface area contributed by atoms with Gasteiger partial charge in [0, 0.05) is 11.6 Å². The van der Waals surface area contributed by atoms with Crippen LogP contribution in [0.15, 0.2) is 48.5 Å². The van der Waals surface area contributed by atoms with Gasteiger partial charge in [-0.2, -0.15) is 0 Å². The molecule has 2 aromatic rings. The summed E-state index contributed by atoms with van der Waals surface area (Å²) in [5.41, 5.74) is 2.54. The van der Waals surface area contributed by atoms with Crippen LogP contribution in [0, 0.1) is 12.7 Å². The average molecular weight is 300 g/mol. The Kier molecular flexibility index (Phi) is 5.31. The number of hydrogen-bond donors (Lipinski definition) is 0. The van der Waals surface area contributed by atoms with Crippen LogP contribution in [0.1, 0.15) is 16.7 Å². The molecular weight excluding hydrogens is 283 g/mol. The summed E-state index contributed by atoms with van der Waals surface area (Å²) in [6.07, 6.45) is 3.01. The minimum Gasteiger partial charge on any atom is -0.496 e. The summed E-state index contributed by atoms with van der Waals surface area (Å²) in [4.78, 5) is 11.7. The Morgan fingerprint density at radius 1 is 1.18 bits per heavy atom. The molecule has 0 N–H and O–H groups in total. The van der Waals surface area contributed by atoms with E-state index < -0.39 is 11.8 Å². The molecule has 22 heavy (non-hydrogen) atoms. The molecule has 0 spiro atoms. The van der Waals surface area contributed by atoms with E-state index in [1.54, 1.807) is 6.08 Å². The molecule has 0 radical (unpaired) electrons. The normalized spacial score (nSPS) is 10.7. The van der Waals surface area contributed by atoms with Crippen LogP contribution in [0.2, 0.25) is 0 Å². The largest absolute Gasteiger partial charge is 0.496 e. The predicted molar refractivity (Wildman–Crippen MR) is 83.0 cm³/mol. The van der Waals surface area contributed by atoms with E-state index in [1.165, 1.54) is 31.4 Å². The highest BCUT2D eigenvalue weighted by atomic mass is 19.1. The highest BCUT2D eigenvalue weighted by Gasteiger charge is 2.07. The molecule has 0 heterocycles. The van der Waals surface area contributed by atoms with E-state index >= 15 is 0 Å². The second kappa shape index (κ2) is 7.41. The van der Waals surface area contributed by atoms with Crippen molar-refractivity contribution >= 4 is 12.0 Å². The number of halogens is 1. The van der Waals surface area contributed by atoms with Crippen molar-refractivity contribution in [3.63, 3.8) is 0 Å².